The number of aromatic carboxylic acids is 1. The van der Waals surface area contributed by atoms with E-state index >= 15 is 0 Å². The molecule has 2 rings (SSSR count). The van der Waals surface area contributed by atoms with Crippen LogP contribution >= 0.6 is 33.9 Å². The first-order valence-corrected chi connectivity index (χ1v) is 8.26. The largest absolute Gasteiger partial charge is 0.478 e. The molecule has 0 fully saturated rings. The predicted octanol–water partition coefficient (Wildman–Crippen LogP) is 4.17. The maximum Gasteiger partial charge on any atom is 0.338 e. The minimum absolute atomic E-state index is 0.146. The maximum absolute atomic E-state index is 12.4. The van der Waals surface area contributed by atoms with Crippen LogP contribution in [-0.2, 0) is 6.42 Å². The summed E-state index contributed by atoms with van der Waals surface area (Å²) in [6.07, 6.45) is 0.739. The Hall–Kier alpha value is -1.41. The van der Waals surface area contributed by atoms with Crippen molar-refractivity contribution in [3.63, 3.8) is 0 Å². The van der Waals surface area contributed by atoms with Gasteiger partial charge in [0.2, 0.25) is 0 Å². The van der Waals surface area contributed by atoms with E-state index in [-0.39, 0.29) is 11.5 Å². The van der Waals surface area contributed by atoms with Gasteiger partial charge in [-0.1, -0.05) is 19.1 Å². The van der Waals surface area contributed by atoms with Crippen molar-refractivity contribution in [1.29, 1.82) is 0 Å². The molecule has 0 saturated heterocycles. The van der Waals surface area contributed by atoms with Gasteiger partial charge in [0.1, 0.15) is 5.00 Å². The Bertz CT molecular complexity index is 709. The summed E-state index contributed by atoms with van der Waals surface area (Å²) >= 11 is 3.43. The molecule has 1 aromatic carbocycles. The number of carbonyl (C=O) groups is 2. The molecule has 21 heavy (non-hydrogen) atoms. The number of carboxylic acids is 1. The van der Waals surface area contributed by atoms with Crippen LogP contribution in [0, 0.1) is 10.5 Å². The first-order valence-electron chi connectivity index (χ1n) is 6.36. The number of thiophene rings is 1. The van der Waals surface area contributed by atoms with Crippen molar-refractivity contribution in [2.45, 2.75) is 20.3 Å². The van der Waals surface area contributed by atoms with E-state index in [2.05, 4.69) is 27.9 Å². The lowest BCUT2D eigenvalue weighted by atomic mass is 10.1. The average Bonchev–Trinajstić information content (AvgIpc) is 2.85. The molecule has 1 aromatic heterocycles. The van der Waals surface area contributed by atoms with Crippen LogP contribution < -0.4 is 5.32 Å². The fraction of sp³-hybridized carbons (Fsp3) is 0.200. The zero-order chi connectivity index (χ0) is 15.6. The number of rotatable bonds is 4. The summed E-state index contributed by atoms with van der Waals surface area (Å²) in [5.41, 5.74) is 1.72. The fourth-order valence-electron chi connectivity index (χ4n) is 1.86. The maximum atomic E-state index is 12.4. The molecule has 4 nitrogen and oxygen atoms in total. The predicted molar refractivity (Wildman–Crippen MR) is 92.5 cm³/mol. The van der Waals surface area contributed by atoms with Crippen molar-refractivity contribution in [3.05, 3.63) is 49.4 Å². The number of benzene rings is 1. The summed E-state index contributed by atoms with van der Waals surface area (Å²) in [7, 11) is 0. The van der Waals surface area contributed by atoms with Gasteiger partial charge in [0.15, 0.2) is 0 Å². The van der Waals surface area contributed by atoms with Crippen molar-refractivity contribution in [2.24, 2.45) is 0 Å². The third-order valence-corrected chi connectivity index (χ3v) is 5.65. The molecule has 0 radical (unpaired) electrons. The molecule has 0 saturated carbocycles. The number of aryl methyl sites for hydroxylation is 2. The van der Waals surface area contributed by atoms with Gasteiger partial charge in [0.05, 0.1) is 11.1 Å². The number of amides is 1. The fourth-order valence-corrected chi connectivity index (χ4v) is 3.45. The van der Waals surface area contributed by atoms with Crippen LogP contribution in [-0.4, -0.2) is 17.0 Å². The third kappa shape index (κ3) is 3.44. The molecule has 1 heterocycles. The average molecular weight is 415 g/mol. The van der Waals surface area contributed by atoms with E-state index in [1.807, 2.05) is 26.0 Å². The van der Waals surface area contributed by atoms with Crippen molar-refractivity contribution in [1.82, 2.24) is 0 Å². The zero-order valence-corrected chi connectivity index (χ0v) is 14.5. The Morgan fingerprint density at radius 1 is 1.33 bits per heavy atom. The van der Waals surface area contributed by atoms with Gasteiger partial charge < -0.3 is 10.4 Å². The molecule has 2 N–H and O–H groups in total. The Morgan fingerprint density at radius 3 is 2.67 bits per heavy atom. The van der Waals surface area contributed by atoms with E-state index in [1.165, 1.54) is 11.3 Å². The number of nitrogens with one attached hydrogen (secondary N) is 1. The van der Waals surface area contributed by atoms with Crippen LogP contribution in [0.15, 0.2) is 24.3 Å². The van der Waals surface area contributed by atoms with Crippen LogP contribution in [0.1, 0.15) is 38.1 Å². The number of carboxylic acid groups (broad SMARTS) is 1. The number of hydrogen-bond acceptors (Lipinski definition) is 3. The highest BCUT2D eigenvalue weighted by atomic mass is 127. The minimum atomic E-state index is -1.03. The minimum Gasteiger partial charge on any atom is -0.478 e. The molecule has 6 heteroatoms. The van der Waals surface area contributed by atoms with Crippen molar-refractivity contribution in [2.75, 3.05) is 5.32 Å². The van der Waals surface area contributed by atoms with Crippen LogP contribution in [0.5, 0.6) is 0 Å². The normalized spacial score (nSPS) is 10.4. The monoisotopic (exact) mass is 415 g/mol. The molecule has 1 amide bonds. The number of hydrogen-bond donors (Lipinski definition) is 2. The molecule has 0 aliphatic heterocycles. The highest BCUT2D eigenvalue weighted by Crippen LogP contribution is 2.29. The van der Waals surface area contributed by atoms with Crippen LogP contribution in [0.4, 0.5) is 5.00 Å². The third-order valence-electron chi connectivity index (χ3n) is 3.03. The van der Waals surface area contributed by atoms with Crippen molar-refractivity contribution in [3.8, 4) is 0 Å². The van der Waals surface area contributed by atoms with Gasteiger partial charge in [-0.3, -0.25) is 4.79 Å². The summed E-state index contributed by atoms with van der Waals surface area (Å²) in [4.78, 5) is 24.5. The van der Waals surface area contributed by atoms with Crippen molar-refractivity contribution < 1.29 is 14.7 Å². The lowest BCUT2D eigenvalue weighted by Gasteiger charge is -2.08. The lowest BCUT2D eigenvalue weighted by molar-refractivity contribution is 0.0698. The summed E-state index contributed by atoms with van der Waals surface area (Å²) in [6.45, 7) is 3.88. The molecule has 0 aliphatic rings. The van der Waals surface area contributed by atoms with Gasteiger partial charge in [-0.15, -0.1) is 11.3 Å². The van der Waals surface area contributed by atoms with E-state index in [9.17, 15) is 14.7 Å². The van der Waals surface area contributed by atoms with Gasteiger partial charge in [-0.05, 0) is 53.6 Å². The molecule has 0 unspecified atom stereocenters. The Labute approximate surface area is 140 Å². The second-order valence-corrected chi connectivity index (χ2v) is 6.72. The Morgan fingerprint density at radius 2 is 2.05 bits per heavy atom. The van der Waals surface area contributed by atoms with E-state index in [4.69, 9.17) is 0 Å². The highest BCUT2D eigenvalue weighted by molar-refractivity contribution is 14.1. The Kier molecular flexibility index (Phi) is 5.00. The first-order chi connectivity index (χ1) is 9.93. The van der Waals surface area contributed by atoms with E-state index in [0.717, 1.165) is 20.4 Å². The number of carbonyl (C=O) groups excluding carboxylic acids is 1. The quantitative estimate of drug-likeness (QED) is 0.737. The summed E-state index contributed by atoms with van der Waals surface area (Å²) < 4.78 is 0.872. The molecule has 0 bridgehead atoms. The summed E-state index contributed by atoms with van der Waals surface area (Å²) in [5.74, 6) is -1.31. The topological polar surface area (TPSA) is 66.4 Å². The molecule has 0 atom stereocenters. The first kappa shape index (κ1) is 16.0. The van der Waals surface area contributed by atoms with E-state index in [0.29, 0.717) is 10.6 Å². The van der Waals surface area contributed by atoms with E-state index < -0.39 is 5.97 Å². The SMILES string of the molecule is CCc1cc(C(=O)O)c(NC(=O)c2cccc(C)c2I)s1. The van der Waals surface area contributed by atoms with Crippen LogP contribution in [0.3, 0.4) is 0 Å². The Balaban J connectivity index is 2.33. The summed E-state index contributed by atoms with van der Waals surface area (Å²) in [5, 5.41) is 12.3. The zero-order valence-electron chi connectivity index (χ0n) is 11.6. The second-order valence-electron chi connectivity index (χ2n) is 4.50. The molecule has 2 aromatic rings. The molecular formula is C15H14INO3S. The van der Waals surface area contributed by atoms with E-state index in [1.54, 1.807) is 12.1 Å². The van der Waals surface area contributed by atoms with Crippen LogP contribution in [0.25, 0.3) is 0 Å². The van der Waals surface area contributed by atoms with Gasteiger partial charge in [0.25, 0.3) is 5.91 Å². The van der Waals surface area contributed by atoms with Gasteiger partial charge in [-0.25, -0.2) is 4.79 Å². The van der Waals surface area contributed by atoms with Crippen molar-refractivity contribution >= 4 is 50.8 Å². The molecular weight excluding hydrogens is 401 g/mol. The standard InChI is InChI=1S/C15H14INO3S/c1-3-9-7-11(15(19)20)14(21-9)17-13(18)10-6-4-5-8(2)12(10)16/h4-7H,3H2,1-2H3,(H,17,18)(H,19,20). The summed E-state index contributed by atoms with van der Waals surface area (Å²) in [6, 6.07) is 7.10. The van der Waals surface area contributed by atoms with Gasteiger partial charge in [0, 0.05) is 8.45 Å². The smallest absolute Gasteiger partial charge is 0.338 e. The van der Waals surface area contributed by atoms with Gasteiger partial charge in [-0.2, -0.15) is 0 Å². The van der Waals surface area contributed by atoms with Gasteiger partial charge >= 0.3 is 5.97 Å². The molecule has 0 spiro atoms. The number of halogens is 1. The number of anilines is 1. The lowest BCUT2D eigenvalue weighted by Crippen LogP contribution is -2.15. The highest BCUT2D eigenvalue weighted by Gasteiger charge is 2.18. The molecule has 0 aliphatic carbocycles. The van der Waals surface area contributed by atoms with Crippen LogP contribution in [0.2, 0.25) is 0 Å². The molecule has 110 valence electrons. The second kappa shape index (κ2) is 6.57.